The number of hydrogen-bond donors (Lipinski definition) is 0. The molecule has 0 aromatic carbocycles. The molecule has 0 N–H and O–H groups in total. The summed E-state index contributed by atoms with van der Waals surface area (Å²) in [6.45, 7) is 5.66. The number of aromatic nitrogens is 2. The molecule has 0 aliphatic heterocycles. The van der Waals surface area contributed by atoms with Crippen LogP contribution in [-0.2, 0) is 12.8 Å². The Morgan fingerprint density at radius 1 is 0.486 bits per heavy atom. The zero-order valence-corrected chi connectivity index (χ0v) is 22.8. The van der Waals surface area contributed by atoms with Crippen LogP contribution in [-0.4, -0.2) is 34.5 Å². The topological polar surface area (TPSA) is 29.0 Å². The summed E-state index contributed by atoms with van der Waals surface area (Å²) in [5.41, 5.74) is 2.39. The van der Waals surface area contributed by atoms with Crippen molar-refractivity contribution in [3.8, 4) is 0 Å². The van der Waals surface area contributed by atoms with Gasteiger partial charge in [-0.15, -0.1) is 0 Å². The van der Waals surface area contributed by atoms with Gasteiger partial charge in [0.25, 0.3) is 0 Å². The smallest absolute Gasteiger partial charge is 0.0416 e. The summed E-state index contributed by atoms with van der Waals surface area (Å²) in [5.74, 6) is 0. The highest BCUT2D eigenvalue weighted by molar-refractivity contribution is 5.05. The Kier molecular flexibility index (Phi) is 18.1. The maximum Gasteiger partial charge on any atom is 0.0416 e. The van der Waals surface area contributed by atoms with Gasteiger partial charge in [-0.05, 0) is 37.2 Å². The van der Waals surface area contributed by atoms with Crippen LogP contribution in [0.5, 0.6) is 0 Å². The van der Waals surface area contributed by atoms with E-state index in [-0.39, 0.29) is 0 Å². The number of rotatable bonds is 23. The molecule has 0 atom stereocenters. The highest BCUT2D eigenvalue weighted by atomic mass is 15.1. The summed E-state index contributed by atoms with van der Waals surface area (Å²) in [7, 11) is 0. The third kappa shape index (κ3) is 16.5. The average molecular weight is 480 g/mol. The molecule has 2 heterocycles. The van der Waals surface area contributed by atoms with Gasteiger partial charge in [0.05, 0.1) is 0 Å². The molecule has 0 fully saturated rings. The van der Waals surface area contributed by atoms with Gasteiger partial charge in [-0.1, -0.05) is 115 Å². The summed E-state index contributed by atoms with van der Waals surface area (Å²) < 4.78 is 0. The highest BCUT2D eigenvalue weighted by Crippen LogP contribution is 2.14. The highest BCUT2D eigenvalue weighted by Gasteiger charge is 2.07. The van der Waals surface area contributed by atoms with Gasteiger partial charge in [0.2, 0.25) is 0 Å². The number of nitrogens with zero attached hydrogens (tertiary/aromatic N) is 3. The fraction of sp³-hybridized carbons (Fsp3) is 0.688. The van der Waals surface area contributed by atoms with Crippen LogP contribution in [0.1, 0.15) is 121 Å². The van der Waals surface area contributed by atoms with Crippen LogP contribution in [0.4, 0.5) is 0 Å². The lowest BCUT2D eigenvalue weighted by atomic mass is 10.0. The van der Waals surface area contributed by atoms with Gasteiger partial charge in [0.1, 0.15) is 0 Å². The van der Waals surface area contributed by atoms with Crippen LogP contribution in [0.2, 0.25) is 0 Å². The van der Waals surface area contributed by atoms with Gasteiger partial charge in [-0.2, -0.15) is 0 Å². The first-order valence-electron chi connectivity index (χ1n) is 14.9. The van der Waals surface area contributed by atoms with Crippen LogP contribution < -0.4 is 0 Å². The molecule has 3 heteroatoms. The minimum atomic E-state index is 1.03. The molecule has 2 aromatic rings. The Balaban J connectivity index is 1.47. The standard InChI is InChI=1S/C32H53N3/c1-2-3-4-5-6-7-8-9-10-11-12-13-14-15-16-21-28-35(29-24-31-22-17-19-26-33-31)30-25-32-23-18-20-27-34-32/h17-20,22-23,26-27H,2-16,21,24-25,28-30H2,1H3. The van der Waals surface area contributed by atoms with Crippen molar-refractivity contribution in [1.82, 2.24) is 14.9 Å². The Morgan fingerprint density at radius 3 is 1.26 bits per heavy atom. The van der Waals surface area contributed by atoms with Gasteiger partial charge >= 0.3 is 0 Å². The molecule has 0 amide bonds. The largest absolute Gasteiger partial charge is 0.303 e. The third-order valence-corrected chi connectivity index (χ3v) is 7.15. The Labute approximate surface area is 217 Å². The van der Waals surface area contributed by atoms with E-state index in [0.717, 1.165) is 25.9 Å². The van der Waals surface area contributed by atoms with Crippen molar-refractivity contribution >= 4 is 0 Å². The minimum absolute atomic E-state index is 1.03. The van der Waals surface area contributed by atoms with Gasteiger partial charge in [-0.25, -0.2) is 0 Å². The Hall–Kier alpha value is -1.74. The van der Waals surface area contributed by atoms with Crippen LogP contribution in [0, 0.1) is 0 Å². The van der Waals surface area contributed by atoms with Crippen molar-refractivity contribution in [1.29, 1.82) is 0 Å². The molecule has 0 radical (unpaired) electrons. The number of unbranched alkanes of at least 4 members (excludes halogenated alkanes) is 15. The molecule has 0 aliphatic rings. The zero-order chi connectivity index (χ0) is 24.7. The van der Waals surface area contributed by atoms with Gasteiger partial charge in [0.15, 0.2) is 0 Å². The quantitative estimate of drug-likeness (QED) is 0.149. The first kappa shape index (κ1) is 29.5. The van der Waals surface area contributed by atoms with E-state index in [9.17, 15) is 0 Å². The summed E-state index contributed by atoms with van der Waals surface area (Å²) >= 11 is 0. The summed E-state index contributed by atoms with van der Waals surface area (Å²) in [5, 5.41) is 0. The molecule has 3 nitrogen and oxygen atoms in total. The lowest BCUT2D eigenvalue weighted by Gasteiger charge is -2.22. The lowest BCUT2D eigenvalue weighted by Crippen LogP contribution is -2.30. The molecular weight excluding hydrogens is 426 g/mol. The first-order valence-corrected chi connectivity index (χ1v) is 14.9. The van der Waals surface area contributed by atoms with E-state index in [4.69, 9.17) is 0 Å². The first-order chi connectivity index (χ1) is 17.4. The zero-order valence-electron chi connectivity index (χ0n) is 22.8. The normalized spacial score (nSPS) is 11.4. The van der Waals surface area contributed by atoms with Gasteiger partial charge < -0.3 is 4.90 Å². The number of hydrogen-bond acceptors (Lipinski definition) is 3. The van der Waals surface area contributed by atoms with Crippen molar-refractivity contribution in [2.75, 3.05) is 19.6 Å². The second kappa shape index (κ2) is 21.5. The predicted molar refractivity (Wildman–Crippen MR) is 152 cm³/mol. The maximum absolute atomic E-state index is 4.51. The molecule has 2 rings (SSSR count). The molecule has 0 saturated carbocycles. The summed E-state index contributed by atoms with van der Waals surface area (Å²) in [6, 6.07) is 12.5. The van der Waals surface area contributed by atoms with E-state index in [1.165, 1.54) is 121 Å². The average Bonchev–Trinajstić information content (AvgIpc) is 2.90. The van der Waals surface area contributed by atoms with E-state index >= 15 is 0 Å². The molecule has 35 heavy (non-hydrogen) atoms. The molecule has 196 valence electrons. The molecule has 0 bridgehead atoms. The fourth-order valence-electron chi connectivity index (χ4n) is 4.86. The van der Waals surface area contributed by atoms with E-state index in [2.05, 4.69) is 46.1 Å². The molecule has 0 aliphatic carbocycles. The van der Waals surface area contributed by atoms with E-state index < -0.39 is 0 Å². The predicted octanol–water partition coefficient (Wildman–Crippen LogP) is 8.83. The monoisotopic (exact) mass is 479 g/mol. The Morgan fingerprint density at radius 2 is 0.886 bits per heavy atom. The van der Waals surface area contributed by atoms with Crippen LogP contribution in [0.3, 0.4) is 0 Å². The second-order valence-corrected chi connectivity index (χ2v) is 10.3. The molecule has 0 unspecified atom stereocenters. The second-order valence-electron chi connectivity index (χ2n) is 10.3. The van der Waals surface area contributed by atoms with Crippen molar-refractivity contribution in [3.63, 3.8) is 0 Å². The SMILES string of the molecule is CCCCCCCCCCCCCCCCCCN(CCc1ccccn1)CCc1ccccn1. The Bertz CT molecular complexity index is 645. The minimum Gasteiger partial charge on any atom is -0.303 e. The van der Waals surface area contributed by atoms with E-state index in [1.807, 2.05) is 24.5 Å². The van der Waals surface area contributed by atoms with Gasteiger partial charge in [-0.3, -0.25) is 9.97 Å². The van der Waals surface area contributed by atoms with Crippen LogP contribution >= 0.6 is 0 Å². The summed E-state index contributed by atoms with van der Waals surface area (Å²) in [4.78, 5) is 11.6. The van der Waals surface area contributed by atoms with E-state index in [0.29, 0.717) is 0 Å². The molecular formula is C32H53N3. The van der Waals surface area contributed by atoms with Crippen molar-refractivity contribution in [3.05, 3.63) is 60.2 Å². The molecule has 0 spiro atoms. The third-order valence-electron chi connectivity index (χ3n) is 7.15. The van der Waals surface area contributed by atoms with Crippen molar-refractivity contribution in [2.24, 2.45) is 0 Å². The molecule has 0 saturated heterocycles. The number of pyridine rings is 2. The van der Waals surface area contributed by atoms with Gasteiger partial charge in [0, 0.05) is 49.7 Å². The van der Waals surface area contributed by atoms with Crippen LogP contribution in [0.25, 0.3) is 0 Å². The van der Waals surface area contributed by atoms with Crippen molar-refractivity contribution in [2.45, 2.75) is 122 Å². The maximum atomic E-state index is 4.51. The fourth-order valence-corrected chi connectivity index (χ4v) is 4.86. The van der Waals surface area contributed by atoms with E-state index in [1.54, 1.807) is 0 Å². The molecule has 2 aromatic heterocycles. The van der Waals surface area contributed by atoms with Crippen molar-refractivity contribution < 1.29 is 0 Å². The lowest BCUT2D eigenvalue weighted by molar-refractivity contribution is 0.271. The summed E-state index contributed by atoms with van der Waals surface area (Å²) in [6.07, 6.45) is 28.7. The van der Waals surface area contributed by atoms with Crippen LogP contribution in [0.15, 0.2) is 48.8 Å².